The van der Waals surface area contributed by atoms with Crippen molar-refractivity contribution in [3.63, 3.8) is 0 Å². The van der Waals surface area contributed by atoms with Crippen LogP contribution >= 0.6 is 22.9 Å². The first kappa shape index (κ1) is 28.8. The standard InChI is InChI=1S/C33H35ClN4O3S/c1-3-21-7-5-8-22(4-2)29(21)38-30(28-9-6-18-41-28)25(32(39)37-16-14-35-15-17-37)19-26(33(38)40)31-36-27(20-42-31)23-10-12-24(34)13-11-23/h5,7-8,10-13,19-20,28,35H,3-4,6,9,14-18H2,1-2H3. The molecule has 2 aliphatic heterocycles. The topological polar surface area (TPSA) is 76.5 Å². The molecular weight excluding hydrogens is 568 g/mol. The zero-order valence-electron chi connectivity index (χ0n) is 24.0. The third kappa shape index (κ3) is 5.44. The number of benzene rings is 2. The minimum absolute atomic E-state index is 0.0708. The van der Waals surface area contributed by atoms with Crippen LogP contribution in [-0.2, 0) is 17.6 Å². The van der Waals surface area contributed by atoms with Crippen LogP contribution in [0, 0.1) is 0 Å². The highest BCUT2D eigenvalue weighted by molar-refractivity contribution is 7.13. The summed E-state index contributed by atoms with van der Waals surface area (Å²) in [5, 5.41) is 6.52. The maximum absolute atomic E-state index is 14.7. The fourth-order valence-corrected chi connectivity index (χ4v) is 6.94. The SMILES string of the molecule is CCc1cccc(CC)c1-n1c(C2CCCO2)c(C(=O)N2CCNCC2)cc(-c2nc(-c3ccc(Cl)cc3)cs2)c1=O. The molecule has 7 nitrogen and oxygen atoms in total. The van der Waals surface area contributed by atoms with E-state index in [2.05, 4.69) is 31.3 Å². The van der Waals surface area contributed by atoms with E-state index in [9.17, 15) is 9.59 Å². The largest absolute Gasteiger partial charge is 0.372 e. The van der Waals surface area contributed by atoms with Crippen LogP contribution in [0.1, 0.15) is 60.0 Å². The highest BCUT2D eigenvalue weighted by atomic mass is 35.5. The maximum Gasteiger partial charge on any atom is 0.265 e. The fourth-order valence-electron chi connectivity index (χ4n) is 5.98. The number of piperazine rings is 1. The van der Waals surface area contributed by atoms with E-state index in [4.69, 9.17) is 21.3 Å². The Labute approximate surface area is 255 Å². The number of hydrogen-bond donors (Lipinski definition) is 1. The van der Waals surface area contributed by atoms with E-state index in [-0.39, 0.29) is 17.6 Å². The van der Waals surface area contributed by atoms with Gasteiger partial charge in [0.25, 0.3) is 11.5 Å². The Morgan fingerprint density at radius 1 is 1.10 bits per heavy atom. The van der Waals surface area contributed by atoms with E-state index in [1.807, 2.05) is 45.2 Å². The van der Waals surface area contributed by atoms with Crippen molar-refractivity contribution in [1.29, 1.82) is 0 Å². The summed E-state index contributed by atoms with van der Waals surface area (Å²) < 4.78 is 8.04. The molecule has 2 saturated heterocycles. The number of pyridine rings is 1. The molecule has 0 aliphatic carbocycles. The molecule has 218 valence electrons. The van der Waals surface area contributed by atoms with Gasteiger partial charge in [0, 0.05) is 48.8 Å². The van der Waals surface area contributed by atoms with E-state index in [0.29, 0.717) is 46.5 Å². The summed E-state index contributed by atoms with van der Waals surface area (Å²) in [5.41, 5.74) is 6.11. The number of nitrogens with one attached hydrogen (secondary N) is 1. The van der Waals surface area contributed by atoms with E-state index < -0.39 is 0 Å². The number of aromatic nitrogens is 2. The molecule has 42 heavy (non-hydrogen) atoms. The van der Waals surface area contributed by atoms with Gasteiger partial charge >= 0.3 is 0 Å². The smallest absolute Gasteiger partial charge is 0.265 e. The number of carbonyl (C=O) groups excluding carboxylic acids is 1. The van der Waals surface area contributed by atoms with Crippen LogP contribution in [0.3, 0.4) is 0 Å². The Morgan fingerprint density at radius 3 is 2.45 bits per heavy atom. The maximum atomic E-state index is 14.7. The third-order valence-corrected chi connectivity index (χ3v) is 9.30. The summed E-state index contributed by atoms with van der Waals surface area (Å²) >= 11 is 7.52. The number of nitrogens with zero attached hydrogens (tertiary/aromatic N) is 3. The first-order valence-electron chi connectivity index (χ1n) is 14.7. The van der Waals surface area contributed by atoms with Gasteiger partial charge < -0.3 is 15.0 Å². The van der Waals surface area contributed by atoms with Crippen LogP contribution < -0.4 is 10.9 Å². The summed E-state index contributed by atoms with van der Waals surface area (Å²) in [7, 11) is 0. The number of carbonyl (C=O) groups is 1. The molecule has 1 unspecified atom stereocenters. The van der Waals surface area contributed by atoms with Gasteiger partial charge in [-0.15, -0.1) is 11.3 Å². The van der Waals surface area contributed by atoms with Crippen LogP contribution in [0.4, 0.5) is 0 Å². The zero-order chi connectivity index (χ0) is 29.2. The minimum Gasteiger partial charge on any atom is -0.372 e. The molecule has 1 amide bonds. The van der Waals surface area contributed by atoms with Crippen molar-refractivity contribution < 1.29 is 9.53 Å². The summed E-state index contributed by atoms with van der Waals surface area (Å²) in [6.45, 7) is 7.51. The highest BCUT2D eigenvalue weighted by Crippen LogP contribution is 2.37. The average molecular weight is 603 g/mol. The number of halogens is 1. The van der Waals surface area contributed by atoms with E-state index in [0.717, 1.165) is 66.8 Å². The van der Waals surface area contributed by atoms with Crippen molar-refractivity contribution in [3.8, 4) is 27.5 Å². The second-order valence-corrected chi connectivity index (χ2v) is 12.0. The third-order valence-electron chi connectivity index (χ3n) is 8.17. The molecule has 2 aliphatic rings. The van der Waals surface area contributed by atoms with Crippen LogP contribution in [0.5, 0.6) is 0 Å². The van der Waals surface area contributed by atoms with Crippen LogP contribution in [0.2, 0.25) is 5.02 Å². The van der Waals surface area contributed by atoms with Crippen molar-refractivity contribution in [2.75, 3.05) is 32.8 Å². The van der Waals surface area contributed by atoms with Crippen LogP contribution in [0.15, 0.2) is 58.7 Å². The van der Waals surface area contributed by atoms with Gasteiger partial charge in [-0.25, -0.2) is 4.98 Å². The Hall–Kier alpha value is -3.30. The van der Waals surface area contributed by atoms with Crippen LogP contribution in [0.25, 0.3) is 27.5 Å². The zero-order valence-corrected chi connectivity index (χ0v) is 25.6. The van der Waals surface area contributed by atoms with Crippen molar-refractivity contribution in [2.45, 2.75) is 45.6 Å². The van der Waals surface area contributed by atoms with Gasteiger partial charge in [0.15, 0.2) is 0 Å². The molecule has 0 spiro atoms. The average Bonchev–Trinajstić information content (AvgIpc) is 3.74. The molecule has 2 aromatic heterocycles. The van der Waals surface area contributed by atoms with Gasteiger partial charge in [0.1, 0.15) is 5.01 Å². The predicted molar refractivity (Wildman–Crippen MR) is 169 cm³/mol. The number of hydrogen-bond acceptors (Lipinski definition) is 6. The van der Waals surface area contributed by atoms with Crippen LogP contribution in [-0.4, -0.2) is 53.1 Å². The quantitative estimate of drug-likeness (QED) is 0.269. The Bertz CT molecular complexity index is 1630. The Balaban J connectivity index is 1.63. The number of para-hydroxylation sites is 1. The lowest BCUT2D eigenvalue weighted by Crippen LogP contribution is -2.47. The molecule has 0 saturated carbocycles. The first-order chi connectivity index (χ1) is 20.5. The fraction of sp³-hybridized carbons (Fsp3) is 0.364. The predicted octanol–water partition coefficient (Wildman–Crippen LogP) is 6.30. The minimum atomic E-state index is -0.343. The highest BCUT2D eigenvalue weighted by Gasteiger charge is 2.33. The summed E-state index contributed by atoms with van der Waals surface area (Å²) in [5.74, 6) is -0.0708. The summed E-state index contributed by atoms with van der Waals surface area (Å²) in [4.78, 5) is 35.9. The van der Waals surface area contributed by atoms with Gasteiger partial charge in [0.05, 0.1) is 34.3 Å². The lowest BCUT2D eigenvalue weighted by Gasteiger charge is -2.30. The molecular formula is C33H35ClN4O3S. The molecule has 1 N–H and O–H groups in total. The Morgan fingerprint density at radius 2 is 1.81 bits per heavy atom. The number of rotatable bonds is 7. The molecule has 2 aromatic carbocycles. The molecule has 0 radical (unpaired) electrons. The first-order valence-corrected chi connectivity index (χ1v) is 16.0. The molecule has 2 fully saturated rings. The second kappa shape index (κ2) is 12.5. The summed E-state index contributed by atoms with van der Waals surface area (Å²) in [6, 6.07) is 15.5. The monoisotopic (exact) mass is 602 g/mol. The lowest BCUT2D eigenvalue weighted by molar-refractivity contribution is 0.0715. The Kier molecular flexibility index (Phi) is 8.58. The van der Waals surface area contributed by atoms with Gasteiger partial charge in [-0.1, -0.05) is 55.8 Å². The number of thiazole rings is 1. The van der Waals surface area contributed by atoms with Gasteiger partial charge in [0.2, 0.25) is 0 Å². The number of ether oxygens (including phenoxy) is 1. The molecule has 1 atom stereocenters. The van der Waals surface area contributed by atoms with E-state index in [1.165, 1.54) is 11.3 Å². The second-order valence-electron chi connectivity index (χ2n) is 10.7. The van der Waals surface area contributed by atoms with E-state index in [1.54, 1.807) is 6.07 Å². The van der Waals surface area contributed by atoms with E-state index >= 15 is 0 Å². The molecule has 4 aromatic rings. The molecule has 6 rings (SSSR count). The normalized spacial score (nSPS) is 17.1. The molecule has 4 heterocycles. The van der Waals surface area contributed by atoms with Crippen molar-refractivity contribution in [1.82, 2.24) is 19.8 Å². The van der Waals surface area contributed by atoms with Crippen molar-refractivity contribution in [2.24, 2.45) is 0 Å². The summed E-state index contributed by atoms with van der Waals surface area (Å²) in [6.07, 6.45) is 2.81. The van der Waals surface area contributed by atoms with Gasteiger partial charge in [-0.05, 0) is 55.0 Å². The van der Waals surface area contributed by atoms with Crippen molar-refractivity contribution >= 4 is 28.8 Å². The molecule has 9 heteroatoms. The van der Waals surface area contributed by atoms with Crippen molar-refractivity contribution in [3.05, 3.63) is 91.7 Å². The number of amides is 1. The number of aryl methyl sites for hydroxylation is 2. The lowest BCUT2D eigenvalue weighted by atomic mass is 9.98. The van der Waals surface area contributed by atoms with Gasteiger partial charge in [-0.2, -0.15) is 0 Å². The molecule has 0 bridgehead atoms. The van der Waals surface area contributed by atoms with Gasteiger partial charge in [-0.3, -0.25) is 14.2 Å².